The molecule has 2 fully saturated rings. The van der Waals surface area contributed by atoms with Gasteiger partial charge in [-0.3, -0.25) is 9.48 Å². The largest absolute Gasteiger partial charge is 0.377 e. The molecule has 25 heavy (non-hydrogen) atoms. The SMILES string of the molecule is C=CC(=O)N1CCOC[C@H]1c1cc(Cl)cc(-c2cnn(C3CC3)c2)c1. The molecule has 1 aromatic carbocycles. The molecule has 2 aliphatic rings. The molecule has 2 aromatic rings. The molecule has 0 N–H and O–H groups in total. The van der Waals surface area contributed by atoms with E-state index in [1.54, 1.807) is 4.90 Å². The highest BCUT2D eigenvalue weighted by molar-refractivity contribution is 6.31. The zero-order valence-corrected chi connectivity index (χ0v) is 14.7. The van der Waals surface area contributed by atoms with Crippen molar-refractivity contribution < 1.29 is 9.53 Å². The predicted molar refractivity (Wildman–Crippen MR) is 96.4 cm³/mol. The van der Waals surface area contributed by atoms with Crippen molar-refractivity contribution in [1.29, 1.82) is 0 Å². The number of halogens is 1. The monoisotopic (exact) mass is 357 g/mol. The summed E-state index contributed by atoms with van der Waals surface area (Å²) in [5.41, 5.74) is 3.01. The van der Waals surface area contributed by atoms with E-state index in [-0.39, 0.29) is 11.9 Å². The molecule has 0 unspecified atom stereocenters. The maximum absolute atomic E-state index is 12.2. The van der Waals surface area contributed by atoms with Crippen molar-refractivity contribution in [3.05, 3.63) is 53.8 Å². The van der Waals surface area contributed by atoms with Crippen molar-refractivity contribution in [2.75, 3.05) is 19.8 Å². The fourth-order valence-electron chi connectivity index (χ4n) is 3.26. The topological polar surface area (TPSA) is 47.4 Å². The second-order valence-corrected chi connectivity index (χ2v) is 6.98. The minimum absolute atomic E-state index is 0.0867. The van der Waals surface area contributed by atoms with Gasteiger partial charge in [-0.2, -0.15) is 5.10 Å². The van der Waals surface area contributed by atoms with Crippen LogP contribution in [0.5, 0.6) is 0 Å². The first-order valence-electron chi connectivity index (χ1n) is 8.51. The second-order valence-electron chi connectivity index (χ2n) is 6.54. The maximum Gasteiger partial charge on any atom is 0.246 e. The number of rotatable bonds is 4. The van der Waals surface area contributed by atoms with E-state index in [0.717, 1.165) is 16.7 Å². The summed E-state index contributed by atoms with van der Waals surface area (Å²) in [6, 6.07) is 6.29. The fraction of sp³-hybridized carbons (Fsp3) is 0.368. The molecule has 1 saturated carbocycles. The summed E-state index contributed by atoms with van der Waals surface area (Å²) in [4.78, 5) is 14.0. The van der Waals surface area contributed by atoms with E-state index in [0.29, 0.717) is 30.8 Å². The van der Waals surface area contributed by atoms with Gasteiger partial charge in [-0.1, -0.05) is 18.2 Å². The van der Waals surface area contributed by atoms with Gasteiger partial charge in [0.15, 0.2) is 0 Å². The highest BCUT2D eigenvalue weighted by Gasteiger charge is 2.28. The third-order valence-corrected chi connectivity index (χ3v) is 4.97. The van der Waals surface area contributed by atoms with E-state index in [9.17, 15) is 4.79 Å². The fourth-order valence-corrected chi connectivity index (χ4v) is 3.50. The molecular weight excluding hydrogens is 338 g/mol. The molecule has 1 aliphatic heterocycles. The standard InChI is InChI=1S/C19H20ClN3O2/c1-2-19(24)22-5-6-25-12-18(22)14-7-13(8-16(20)9-14)15-10-21-23(11-15)17-3-4-17/h2,7-11,17-18H,1,3-6,12H2/t18-/m0/s1. The molecule has 5 nitrogen and oxygen atoms in total. The third-order valence-electron chi connectivity index (χ3n) is 4.75. The summed E-state index contributed by atoms with van der Waals surface area (Å²) < 4.78 is 7.62. The van der Waals surface area contributed by atoms with Crippen molar-refractivity contribution >= 4 is 17.5 Å². The number of carbonyl (C=O) groups is 1. The van der Waals surface area contributed by atoms with Crippen LogP contribution in [0, 0.1) is 0 Å². The van der Waals surface area contributed by atoms with Crippen LogP contribution in [-0.2, 0) is 9.53 Å². The van der Waals surface area contributed by atoms with E-state index in [2.05, 4.69) is 23.9 Å². The van der Waals surface area contributed by atoms with Crippen LogP contribution in [0.2, 0.25) is 5.02 Å². The lowest BCUT2D eigenvalue weighted by atomic mass is 9.99. The molecule has 1 amide bonds. The number of aromatic nitrogens is 2. The lowest BCUT2D eigenvalue weighted by Gasteiger charge is -2.35. The van der Waals surface area contributed by atoms with Gasteiger partial charge in [0.25, 0.3) is 0 Å². The normalized spacial score (nSPS) is 20.5. The van der Waals surface area contributed by atoms with Gasteiger partial charge in [0, 0.05) is 23.3 Å². The molecule has 6 heteroatoms. The van der Waals surface area contributed by atoms with Crippen LogP contribution in [0.4, 0.5) is 0 Å². The molecule has 1 aromatic heterocycles. The van der Waals surface area contributed by atoms with Crippen molar-refractivity contribution in [1.82, 2.24) is 14.7 Å². The molecule has 1 saturated heterocycles. The highest BCUT2D eigenvalue weighted by Crippen LogP contribution is 2.36. The smallest absolute Gasteiger partial charge is 0.246 e. The summed E-state index contributed by atoms with van der Waals surface area (Å²) in [7, 11) is 0. The second kappa shape index (κ2) is 6.65. The third kappa shape index (κ3) is 3.34. The zero-order chi connectivity index (χ0) is 17.4. The molecule has 0 spiro atoms. The molecule has 1 atom stereocenters. The van der Waals surface area contributed by atoms with Crippen molar-refractivity contribution in [3.8, 4) is 11.1 Å². The highest BCUT2D eigenvalue weighted by atomic mass is 35.5. The van der Waals surface area contributed by atoms with Crippen LogP contribution in [-0.4, -0.2) is 40.3 Å². The minimum Gasteiger partial charge on any atom is -0.377 e. The van der Waals surface area contributed by atoms with E-state index in [4.69, 9.17) is 16.3 Å². The first kappa shape index (κ1) is 16.4. The van der Waals surface area contributed by atoms with Crippen molar-refractivity contribution in [2.24, 2.45) is 0 Å². The number of nitrogens with zero attached hydrogens (tertiary/aromatic N) is 3. The van der Waals surface area contributed by atoms with Crippen molar-refractivity contribution in [3.63, 3.8) is 0 Å². The Kier molecular flexibility index (Phi) is 4.36. The predicted octanol–water partition coefficient (Wildman–Crippen LogP) is 3.62. The van der Waals surface area contributed by atoms with E-state index in [1.165, 1.54) is 18.9 Å². The Morgan fingerprint density at radius 1 is 1.32 bits per heavy atom. The van der Waals surface area contributed by atoms with E-state index >= 15 is 0 Å². The molecule has 0 radical (unpaired) electrons. The van der Waals surface area contributed by atoms with Crippen LogP contribution in [0.1, 0.15) is 30.5 Å². The molecule has 4 rings (SSSR count). The van der Waals surface area contributed by atoms with Crippen molar-refractivity contribution in [2.45, 2.75) is 24.9 Å². The number of amides is 1. The van der Waals surface area contributed by atoms with Gasteiger partial charge >= 0.3 is 0 Å². The molecular formula is C19H20ClN3O2. The van der Waals surface area contributed by atoms with E-state index < -0.39 is 0 Å². The van der Waals surface area contributed by atoms with Crippen LogP contribution >= 0.6 is 11.6 Å². The van der Waals surface area contributed by atoms with Gasteiger partial charge in [0.1, 0.15) is 0 Å². The van der Waals surface area contributed by atoms with Gasteiger partial charge < -0.3 is 9.64 Å². The summed E-state index contributed by atoms with van der Waals surface area (Å²) in [6.45, 7) is 5.15. The van der Waals surface area contributed by atoms with Gasteiger partial charge in [0.05, 0.1) is 31.5 Å². The Morgan fingerprint density at radius 2 is 2.16 bits per heavy atom. The molecule has 130 valence electrons. The summed E-state index contributed by atoms with van der Waals surface area (Å²) in [5.74, 6) is -0.0867. The number of ether oxygens (including phenoxy) is 1. The number of carbonyl (C=O) groups excluding carboxylic acids is 1. The Hall–Kier alpha value is -2.11. The lowest BCUT2D eigenvalue weighted by Crippen LogP contribution is -2.42. The number of hydrogen-bond acceptors (Lipinski definition) is 3. The Labute approximate surface area is 151 Å². The quantitative estimate of drug-likeness (QED) is 0.785. The van der Waals surface area contributed by atoms with Gasteiger partial charge in [-0.25, -0.2) is 0 Å². The molecule has 1 aliphatic carbocycles. The average molecular weight is 358 g/mol. The van der Waals surface area contributed by atoms with Gasteiger partial charge in [0.2, 0.25) is 5.91 Å². The first-order valence-corrected chi connectivity index (χ1v) is 8.89. The Morgan fingerprint density at radius 3 is 2.92 bits per heavy atom. The van der Waals surface area contributed by atoms with Crippen LogP contribution in [0.3, 0.4) is 0 Å². The number of benzene rings is 1. The summed E-state index contributed by atoms with van der Waals surface area (Å²) in [6.07, 6.45) is 7.68. The summed E-state index contributed by atoms with van der Waals surface area (Å²) >= 11 is 6.37. The lowest BCUT2D eigenvalue weighted by molar-refractivity contribution is -0.134. The Balaban J connectivity index is 1.68. The zero-order valence-electron chi connectivity index (χ0n) is 13.9. The van der Waals surface area contributed by atoms with Gasteiger partial charge in [-0.15, -0.1) is 0 Å². The van der Waals surface area contributed by atoms with Gasteiger partial charge in [-0.05, 0) is 48.2 Å². The van der Waals surface area contributed by atoms with E-state index in [1.807, 2.05) is 23.0 Å². The first-order chi connectivity index (χ1) is 12.2. The van der Waals surface area contributed by atoms with Crippen LogP contribution in [0.25, 0.3) is 11.1 Å². The minimum atomic E-state index is -0.157. The summed E-state index contributed by atoms with van der Waals surface area (Å²) in [5, 5.41) is 5.10. The number of morpholine rings is 1. The van der Waals surface area contributed by atoms with Crippen LogP contribution in [0.15, 0.2) is 43.2 Å². The molecule has 0 bridgehead atoms. The molecule has 2 heterocycles. The maximum atomic E-state index is 12.2. The Bertz CT molecular complexity index is 813. The average Bonchev–Trinajstić information content (AvgIpc) is 3.37. The van der Waals surface area contributed by atoms with Crippen LogP contribution < -0.4 is 0 Å². The number of hydrogen-bond donors (Lipinski definition) is 0.